The second-order valence-electron chi connectivity index (χ2n) is 4.25. The lowest BCUT2D eigenvalue weighted by molar-refractivity contribution is 0.573. The molecule has 1 unspecified atom stereocenters. The smallest absolute Gasteiger partial charge is 0.00582 e. The summed E-state index contributed by atoms with van der Waals surface area (Å²) in [5.74, 6) is 0.787. The number of hydrogen-bond donors (Lipinski definition) is 0. The quantitative estimate of drug-likeness (QED) is 0.577. The van der Waals surface area contributed by atoms with Gasteiger partial charge in [-0.05, 0) is 36.3 Å². The van der Waals surface area contributed by atoms with Crippen LogP contribution in [-0.2, 0) is 12.8 Å². The molecule has 2 aliphatic carbocycles. The summed E-state index contributed by atoms with van der Waals surface area (Å²) in [6.45, 7) is 0. The van der Waals surface area contributed by atoms with Gasteiger partial charge in [-0.2, -0.15) is 0 Å². The van der Waals surface area contributed by atoms with Crippen LogP contribution in [0, 0.1) is 5.92 Å². The molecule has 0 fully saturated rings. The first-order valence-electron chi connectivity index (χ1n) is 5.36. The van der Waals surface area contributed by atoms with Gasteiger partial charge < -0.3 is 0 Å². The van der Waals surface area contributed by atoms with E-state index in [2.05, 4.69) is 42.5 Å². The molecule has 1 aromatic rings. The van der Waals surface area contributed by atoms with Gasteiger partial charge in [0, 0.05) is 0 Å². The fraction of sp³-hybridized carbons (Fsp3) is 0.286. The van der Waals surface area contributed by atoms with Crippen molar-refractivity contribution in [3.63, 3.8) is 0 Å². The van der Waals surface area contributed by atoms with Crippen molar-refractivity contribution in [3.05, 3.63) is 59.2 Å². The molecule has 0 aromatic heterocycles. The SMILES string of the molecule is C1=CCC2Cc3ccccc3CC2=C1. The maximum Gasteiger partial charge on any atom is -0.00582 e. The molecular weight excluding hydrogens is 168 g/mol. The highest BCUT2D eigenvalue weighted by Crippen LogP contribution is 2.33. The van der Waals surface area contributed by atoms with E-state index < -0.39 is 0 Å². The van der Waals surface area contributed by atoms with Crippen LogP contribution >= 0.6 is 0 Å². The lowest BCUT2D eigenvalue weighted by atomic mass is 9.77. The zero-order chi connectivity index (χ0) is 9.38. The van der Waals surface area contributed by atoms with Crippen LogP contribution < -0.4 is 0 Å². The van der Waals surface area contributed by atoms with Gasteiger partial charge in [-0.3, -0.25) is 0 Å². The summed E-state index contributed by atoms with van der Waals surface area (Å²) in [5, 5.41) is 0. The highest BCUT2D eigenvalue weighted by atomic mass is 14.3. The molecule has 0 heteroatoms. The molecule has 3 rings (SSSR count). The molecule has 0 heterocycles. The molecule has 0 aliphatic heterocycles. The third-order valence-electron chi connectivity index (χ3n) is 3.37. The van der Waals surface area contributed by atoms with Gasteiger partial charge in [-0.15, -0.1) is 0 Å². The summed E-state index contributed by atoms with van der Waals surface area (Å²) in [4.78, 5) is 0. The van der Waals surface area contributed by atoms with Gasteiger partial charge in [0.05, 0.1) is 0 Å². The third-order valence-corrected chi connectivity index (χ3v) is 3.37. The molecule has 1 aromatic carbocycles. The molecule has 0 radical (unpaired) electrons. The fourth-order valence-electron chi connectivity index (χ4n) is 2.55. The Balaban J connectivity index is 2.03. The second-order valence-corrected chi connectivity index (χ2v) is 4.25. The predicted molar refractivity (Wildman–Crippen MR) is 59.2 cm³/mol. The second kappa shape index (κ2) is 3.13. The van der Waals surface area contributed by atoms with Gasteiger partial charge in [0.15, 0.2) is 0 Å². The third kappa shape index (κ3) is 1.22. The van der Waals surface area contributed by atoms with Gasteiger partial charge >= 0.3 is 0 Å². The Kier molecular flexibility index (Phi) is 1.80. The highest BCUT2D eigenvalue weighted by molar-refractivity contribution is 5.39. The van der Waals surface area contributed by atoms with Crippen molar-refractivity contribution in [1.29, 1.82) is 0 Å². The number of allylic oxidation sites excluding steroid dienone is 4. The van der Waals surface area contributed by atoms with E-state index in [-0.39, 0.29) is 0 Å². The van der Waals surface area contributed by atoms with Crippen molar-refractivity contribution >= 4 is 0 Å². The van der Waals surface area contributed by atoms with Crippen molar-refractivity contribution in [1.82, 2.24) is 0 Å². The van der Waals surface area contributed by atoms with E-state index in [4.69, 9.17) is 0 Å². The zero-order valence-corrected chi connectivity index (χ0v) is 8.24. The van der Waals surface area contributed by atoms with Crippen LogP contribution in [0.3, 0.4) is 0 Å². The molecule has 1 atom stereocenters. The first kappa shape index (κ1) is 8.05. The van der Waals surface area contributed by atoms with Crippen LogP contribution in [0.4, 0.5) is 0 Å². The van der Waals surface area contributed by atoms with Crippen molar-refractivity contribution in [2.24, 2.45) is 5.92 Å². The standard InChI is InChI=1S/C14H14/c1-2-6-12-10-14-8-4-3-7-13(14)9-11(12)5-1/h1-7,14H,8-10H2. The van der Waals surface area contributed by atoms with Crippen LogP contribution in [0.15, 0.2) is 48.1 Å². The molecule has 14 heavy (non-hydrogen) atoms. The lowest BCUT2D eigenvalue weighted by Gasteiger charge is -2.28. The molecule has 0 spiro atoms. The Hall–Kier alpha value is -1.30. The van der Waals surface area contributed by atoms with Crippen LogP contribution in [-0.4, -0.2) is 0 Å². The summed E-state index contributed by atoms with van der Waals surface area (Å²) in [7, 11) is 0. The van der Waals surface area contributed by atoms with E-state index in [0.717, 1.165) is 5.92 Å². The fourth-order valence-corrected chi connectivity index (χ4v) is 2.55. The van der Waals surface area contributed by atoms with Crippen molar-refractivity contribution in [2.75, 3.05) is 0 Å². The van der Waals surface area contributed by atoms with E-state index in [0.29, 0.717) is 0 Å². The monoisotopic (exact) mass is 182 g/mol. The maximum atomic E-state index is 2.31. The van der Waals surface area contributed by atoms with Gasteiger partial charge in [0.25, 0.3) is 0 Å². The normalized spacial score (nSPS) is 23.7. The van der Waals surface area contributed by atoms with Gasteiger partial charge in [-0.1, -0.05) is 48.1 Å². The van der Waals surface area contributed by atoms with Crippen LogP contribution in [0.5, 0.6) is 0 Å². The van der Waals surface area contributed by atoms with Gasteiger partial charge in [-0.25, -0.2) is 0 Å². The lowest BCUT2D eigenvalue weighted by Crippen LogP contribution is -2.18. The van der Waals surface area contributed by atoms with E-state index >= 15 is 0 Å². The highest BCUT2D eigenvalue weighted by Gasteiger charge is 2.22. The Morgan fingerprint density at radius 3 is 2.86 bits per heavy atom. The van der Waals surface area contributed by atoms with Crippen LogP contribution in [0.1, 0.15) is 17.5 Å². The summed E-state index contributed by atoms with van der Waals surface area (Å²) < 4.78 is 0. The van der Waals surface area contributed by atoms with E-state index in [9.17, 15) is 0 Å². The first-order chi connectivity index (χ1) is 6.93. The molecule has 0 amide bonds. The molecule has 0 saturated carbocycles. The maximum absolute atomic E-state index is 2.31. The summed E-state index contributed by atoms with van der Waals surface area (Å²) in [6, 6.07) is 8.86. The number of rotatable bonds is 0. The molecule has 0 saturated heterocycles. The topological polar surface area (TPSA) is 0 Å². The largest absolute Gasteiger partial charge is 0.0839 e. The van der Waals surface area contributed by atoms with Crippen LogP contribution in [0.25, 0.3) is 0 Å². The minimum Gasteiger partial charge on any atom is -0.0839 e. The minimum atomic E-state index is 0.787. The Morgan fingerprint density at radius 2 is 1.93 bits per heavy atom. The van der Waals surface area contributed by atoms with Crippen molar-refractivity contribution in [2.45, 2.75) is 19.3 Å². The zero-order valence-electron chi connectivity index (χ0n) is 8.24. The van der Waals surface area contributed by atoms with Crippen molar-refractivity contribution < 1.29 is 0 Å². The van der Waals surface area contributed by atoms with E-state index in [1.165, 1.54) is 24.8 Å². The molecule has 2 aliphatic rings. The molecule has 70 valence electrons. The van der Waals surface area contributed by atoms with Crippen molar-refractivity contribution in [3.8, 4) is 0 Å². The van der Waals surface area contributed by atoms with Gasteiger partial charge in [0.1, 0.15) is 0 Å². The summed E-state index contributed by atoms with van der Waals surface area (Å²) >= 11 is 0. The Bertz CT molecular complexity index is 410. The Labute approximate surface area is 85.0 Å². The van der Waals surface area contributed by atoms with E-state index in [1.54, 1.807) is 11.1 Å². The number of fused-ring (bicyclic) bond motifs is 2. The Morgan fingerprint density at radius 1 is 1.07 bits per heavy atom. The van der Waals surface area contributed by atoms with Crippen LogP contribution in [0.2, 0.25) is 0 Å². The molecular formula is C14H14. The van der Waals surface area contributed by atoms with E-state index in [1.807, 2.05) is 0 Å². The summed E-state index contributed by atoms with van der Waals surface area (Å²) in [5.41, 5.74) is 4.72. The van der Waals surface area contributed by atoms with Gasteiger partial charge in [0.2, 0.25) is 0 Å². The molecule has 0 N–H and O–H groups in total. The molecule has 0 bridgehead atoms. The average Bonchev–Trinajstić information content (AvgIpc) is 2.26. The average molecular weight is 182 g/mol. The minimum absolute atomic E-state index is 0.787. The first-order valence-corrected chi connectivity index (χ1v) is 5.36. The predicted octanol–water partition coefficient (Wildman–Crippen LogP) is 3.29. The summed E-state index contributed by atoms with van der Waals surface area (Å²) in [6.07, 6.45) is 10.5. The number of benzene rings is 1. The molecule has 0 nitrogen and oxygen atoms in total. The number of hydrogen-bond acceptors (Lipinski definition) is 0.